The standard InChI is InChI=1S/C20H20N4O3S/c1-3-27-14-8-5-4-7-12(14)20(26)22-18-17-13(15-9-6-10-28-15)11-16(25)21-19(17)24(2)23-18/h4-10,13H,3,11H2,1-2H3,(H,21,25)(H,22,23,26). The molecular weight excluding hydrogens is 376 g/mol. The number of rotatable bonds is 5. The first-order valence-corrected chi connectivity index (χ1v) is 9.89. The van der Waals surface area contributed by atoms with Crippen LogP contribution in [0.3, 0.4) is 0 Å². The molecule has 8 heteroatoms. The van der Waals surface area contributed by atoms with E-state index in [1.165, 1.54) is 0 Å². The number of anilines is 2. The molecular formula is C20H20N4O3S. The quantitative estimate of drug-likeness (QED) is 0.690. The van der Waals surface area contributed by atoms with Gasteiger partial charge in [0.2, 0.25) is 5.91 Å². The minimum atomic E-state index is -0.299. The summed E-state index contributed by atoms with van der Waals surface area (Å²) in [7, 11) is 1.75. The number of aryl methyl sites for hydroxylation is 1. The maximum atomic E-state index is 12.9. The number of thiophene rings is 1. The second kappa shape index (κ2) is 7.47. The summed E-state index contributed by atoms with van der Waals surface area (Å²) in [5.41, 5.74) is 1.27. The van der Waals surface area contributed by atoms with Crippen molar-refractivity contribution in [3.8, 4) is 5.75 Å². The summed E-state index contributed by atoms with van der Waals surface area (Å²) in [4.78, 5) is 26.2. The molecule has 7 nitrogen and oxygen atoms in total. The molecule has 2 aromatic heterocycles. The summed E-state index contributed by atoms with van der Waals surface area (Å²) >= 11 is 1.59. The van der Waals surface area contributed by atoms with Gasteiger partial charge in [-0.25, -0.2) is 0 Å². The normalized spacial score (nSPS) is 15.6. The Morgan fingerprint density at radius 1 is 1.36 bits per heavy atom. The van der Waals surface area contributed by atoms with Gasteiger partial charge >= 0.3 is 0 Å². The Bertz CT molecular complexity index is 1030. The maximum absolute atomic E-state index is 12.9. The Hall–Kier alpha value is -3.13. The minimum absolute atomic E-state index is 0.0616. The fraction of sp³-hybridized carbons (Fsp3) is 0.250. The molecule has 0 bridgehead atoms. The molecule has 4 rings (SSSR count). The van der Waals surface area contributed by atoms with Gasteiger partial charge in [0.1, 0.15) is 11.6 Å². The smallest absolute Gasteiger partial charge is 0.260 e. The molecule has 0 spiro atoms. The van der Waals surface area contributed by atoms with Crippen LogP contribution in [0.25, 0.3) is 0 Å². The predicted octanol–water partition coefficient (Wildman–Crippen LogP) is 3.61. The summed E-state index contributed by atoms with van der Waals surface area (Å²) in [6.07, 6.45) is 0.317. The number of amides is 2. The second-order valence-corrected chi connectivity index (χ2v) is 7.42. The Morgan fingerprint density at radius 3 is 2.93 bits per heavy atom. The highest BCUT2D eigenvalue weighted by Gasteiger charge is 2.34. The van der Waals surface area contributed by atoms with Gasteiger partial charge in [-0.1, -0.05) is 18.2 Å². The van der Waals surface area contributed by atoms with Gasteiger partial charge < -0.3 is 15.4 Å². The number of hydrogen-bond acceptors (Lipinski definition) is 5. The van der Waals surface area contributed by atoms with Crippen LogP contribution in [-0.2, 0) is 11.8 Å². The average Bonchev–Trinajstić information content (AvgIpc) is 3.31. The van der Waals surface area contributed by atoms with Crippen molar-refractivity contribution in [3.63, 3.8) is 0 Å². The SMILES string of the molecule is CCOc1ccccc1C(=O)Nc1nn(C)c2c1C(c1cccs1)CC(=O)N2. The van der Waals surface area contributed by atoms with Gasteiger partial charge in [-0.05, 0) is 30.5 Å². The lowest BCUT2D eigenvalue weighted by atomic mass is 9.92. The van der Waals surface area contributed by atoms with Crippen molar-refractivity contribution < 1.29 is 14.3 Å². The molecule has 0 radical (unpaired) electrons. The van der Waals surface area contributed by atoms with E-state index in [1.54, 1.807) is 41.3 Å². The number of carbonyl (C=O) groups excluding carboxylic acids is 2. The van der Waals surface area contributed by atoms with Crippen LogP contribution in [0.5, 0.6) is 5.75 Å². The summed E-state index contributed by atoms with van der Waals surface area (Å²) < 4.78 is 7.16. The van der Waals surface area contributed by atoms with E-state index in [0.29, 0.717) is 36.0 Å². The molecule has 1 aliphatic heterocycles. The predicted molar refractivity (Wildman–Crippen MR) is 108 cm³/mol. The van der Waals surface area contributed by atoms with E-state index in [9.17, 15) is 9.59 Å². The lowest BCUT2D eigenvalue weighted by Crippen LogP contribution is -2.24. The molecule has 2 amide bonds. The van der Waals surface area contributed by atoms with Gasteiger partial charge in [0.05, 0.1) is 12.2 Å². The highest BCUT2D eigenvalue weighted by atomic mass is 32.1. The number of para-hydroxylation sites is 1. The van der Waals surface area contributed by atoms with Crippen LogP contribution in [0.15, 0.2) is 41.8 Å². The molecule has 0 saturated carbocycles. The average molecular weight is 396 g/mol. The highest BCUT2D eigenvalue weighted by molar-refractivity contribution is 7.10. The van der Waals surface area contributed by atoms with Gasteiger partial charge in [0, 0.05) is 29.8 Å². The molecule has 0 saturated heterocycles. The van der Waals surface area contributed by atoms with Gasteiger partial charge in [-0.3, -0.25) is 14.3 Å². The third-order valence-corrected chi connectivity index (χ3v) is 5.62. The first-order chi connectivity index (χ1) is 13.6. The lowest BCUT2D eigenvalue weighted by molar-refractivity contribution is -0.116. The van der Waals surface area contributed by atoms with Crippen LogP contribution in [0.4, 0.5) is 11.6 Å². The second-order valence-electron chi connectivity index (χ2n) is 6.44. The third-order valence-electron chi connectivity index (χ3n) is 4.63. The molecule has 3 aromatic rings. The topological polar surface area (TPSA) is 85.2 Å². The molecule has 144 valence electrons. The van der Waals surface area contributed by atoms with Crippen LogP contribution in [-0.4, -0.2) is 28.2 Å². The number of benzene rings is 1. The van der Waals surface area contributed by atoms with E-state index in [0.717, 1.165) is 10.4 Å². The van der Waals surface area contributed by atoms with Crippen LogP contribution < -0.4 is 15.4 Å². The Morgan fingerprint density at radius 2 is 2.18 bits per heavy atom. The number of aromatic nitrogens is 2. The monoisotopic (exact) mass is 396 g/mol. The van der Waals surface area contributed by atoms with E-state index in [2.05, 4.69) is 15.7 Å². The molecule has 1 unspecified atom stereocenters. The number of carbonyl (C=O) groups is 2. The molecule has 2 N–H and O–H groups in total. The van der Waals surface area contributed by atoms with E-state index in [1.807, 2.05) is 30.5 Å². The first-order valence-electron chi connectivity index (χ1n) is 9.01. The van der Waals surface area contributed by atoms with Crippen LogP contribution in [0, 0.1) is 0 Å². The van der Waals surface area contributed by atoms with Crippen molar-refractivity contribution in [2.45, 2.75) is 19.3 Å². The van der Waals surface area contributed by atoms with Crippen LogP contribution in [0.1, 0.15) is 40.1 Å². The lowest BCUT2D eigenvalue weighted by Gasteiger charge is -2.23. The first kappa shape index (κ1) is 18.2. The van der Waals surface area contributed by atoms with E-state index in [-0.39, 0.29) is 17.7 Å². The number of ether oxygens (including phenoxy) is 1. The summed E-state index contributed by atoms with van der Waals surface area (Å²) in [5, 5.41) is 12.2. The number of hydrogen-bond donors (Lipinski definition) is 2. The van der Waals surface area contributed by atoms with E-state index in [4.69, 9.17) is 4.74 Å². The van der Waals surface area contributed by atoms with Crippen molar-refractivity contribution >= 4 is 34.8 Å². The number of fused-ring (bicyclic) bond motifs is 1. The van der Waals surface area contributed by atoms with Crippen molar-refractivity contribution in [2.24, 2.45) is 7.05 Å². The minimum Gasteiger partial charge on any atom is -0.493 e. The van der Waals surface area contributed by atoms with Crippen molar-refractivity contribution in [1.82, 2.24) is 9.78 Å². The zero-order valence-electron chi connectivity index (χ0n) is 15.6. The van der Waals surface area contributed by atoms with Gasteiger partial charge in [0.25, 0.3) is 5.91 Å². The Labute approximate surface area is 166 Å². The summed E-state index contributed by atoms with van der Waals surface area (Å²) in [6, 6.07) is 11.1. The van der Waals surface area contributed by atoms with Gasteiger partial charge in [-0.15, -0.1) is 11.3 Å². The maximum Gasteiger partial charge on any atom is 0.260 e. The zero-order chi connectivity index (χ0) is 19.7. The molecule has 0 aliphatic carbocycles. The Kier molecular flexibility index (Phi) is 4.87. The molecule has 1 aromatic carbocycles. The van der Waals surface area contributed by atoms with Crippen LogP contribution in [0.2, 0.25) is 0 Å². The van der Waals surface area contributed by atoms with Crippen molar-refractivity contribution in [2.75, 3.05) is 17.2 Å². The highest BCUT2D eigenvalue weighted by Crippen LogP contribution is 2.42. The van der Waals surface area contributed by atoms with Crippen molar-refractivity contribution in [1.29, 1.82) is 0 Å². The number of nitrogens with one attached hydrogen (secondary N) is 2. The third kappa shape index (κ3) is 3.27. The summed E-state index contributed by atoms with van der Waals surface area (Å²) in [5.74, 6) is 1.08. The van der Waals surface area contributed by atoms with Gasteiger partial charge in [0.15, 0.2) is 5.82 Å². The Balaban J connectivity index is 1.72. The van der Waals surface area contributed by atoms with Crippen LogP contribution >= 0.6 is 11.3 Å². The van der Waals surface area contributed by atoms with E-state index >= 15 is 0 Å². The molecule has 0 fully saturated rings. The molecule has 1 atom stereocenters. The van der Waals surface area contributed by atoms with Crippen molar-refractivity contribution in [3.05, 3.63) is 57.8 Å². The molecule has 28 heavy (non-hydrogen) atoms. The number of nitrogens with zero attached hydrogens (tertiary/aromatic N) is 2. The van der Waals surface area contributed by atoms with E-state index < -0.39 is 0 Å². The summed E-state index contributed by atoms with van der Waals surface area (Å²) in [6.45, 7) is 2.34. The fourth-order valence-corrected chi connectivity index (χ4v) is 4.26. The molecule has 1 aliphatic rings. The van der Waals surface area contributed by atoms with Gasteiger partial charge in [-0.2, -0.15) is 5.10 Å². The zero-order valence-corrected chi connectivity index (χ0v) is 16.4. The molecule has 3 heterocycles. The fourth-order valence-electron chi connectivity index (χ4n) is 3.42. The largest absolute Gasteiger partial charge is 0.493 e.